The van der Waals surface area contributed by atoms with Gasteiger partial charge in [0.1, 0.15) is 5.00 Å². The van der Waals surface area contributed by atoms with E-state index in [1.165, 1.54) is 33.4 Å². The zero-order chi connectivity index (χ0) is 15.0. The van der Waals surface area contributed by atoms with E-state index in [9.17, 15) is 8.42 Å². The monoisotopic (exact) mass is 318 g/mol. The van der Waals surface area contributed by atoms with E-state index < -0.39 is 10.0 Å². The molecule has 1 aromatic rings. The van der Waals surface area contributed by atoms with Crippen LogP contribution in [0.3, 0.4) is 0 Å². The number of rotatable bonds is 6. The van der Waals surface area contributed by atoms with E-state index in [0.717, 1.165) is 28.8 Å². The maximum Gasteiger partial charge on any atom is 0.249 e. The Kier molecular flexibility index (Phi) is 4.27. The highest BCUT2D eigenvalue weighted by molar-refractivity contribution is 7.89. The minimum atomic E-state index is -3.56. The van der Waals surface area contributed by atoms with Crippen molar-refractivity contribution < 1.29 is 8.42 Å². The van der Waals surface area contributed by atoms with Gasteiger partial charge < -0.3 is 11.1 Å². The Morgan fingerprint density at radius 3 is 2.55 bits per heavy atom. The van der Waals surface area contributed by atoms with Crippen molar-refractivity contribution in [1.29, 1.82) is 0 Å². The summed E-state index contributed by atoms with van der Waals surface area (Å²) in [6, 6.07) is 0. The van der Waals surface area contributed by atoms with Gasteiger partial charge in [-0.15, -0.1) is 0 Å². The smallest absolute Gasteiger partial charge is 0.249 e. The molecule has 1 aliphatic rings. The van der Waals surface area contributed by atoms with Gasteiger partial charge in [0.05, 0.1) is 0 Å². The molecule has 1 heterocycles. The van der Waals surface area contributed by atoms with Gasteiger partial charge in [-0.1, -0.05) is 13.3 Å². The number of nitrogens with one attached hydrogen (secondary N) is 1. The van der Waals surface area contributed by atoms with Gasteiger partial charge in [-0.3, -0.25) is 0 Å². The average molecular weight is 318 g/mol. The third-order valence-electron chi connectivity index (χ3n) is 4.20. The molecule has 2 rings (SSSR count). The first-order valence-electron chi connectivity index (χ1n) is 6.74. The highest BCUT2D eigenvalue weighted by Gasteiger charge is 2.36. The van der Waals surface area contributed by atoms with Gasteiger partial charge in [0.2, 0.25) is 10.0 Å². The minimum absolute atomic E-state index is 0.0744. The molecule has 0 spiro atoms. The zero-order valence-electron chi connectivity index (χ0n) is 12.1. The summed E-state index contributed by atoms with van der Waals surface area (Å²) in [5.41, 5.74) is 6.04. The summed E-state index contributed by atoms with van der Waals surface area (Å²) in [6.07, 6.45) is 4.74. The lowest BCUT2D eigenvalue weighted by molar-refractivity contribution is 0.145. The van der Waals surface area contributed by atoms with E-state index in [4.69, 9.17) is 5.73 Å². The number of nitrogen functional groups attached to an aromatic ring is 1. The molecule has 114 valence electrons. The average Bonchev–Trinajstić information content (AvgIpc) is 2.70. The number of hydrogen-bond donors (Lipinski definition) is 2. The van der Waals surface area contributed by atoms with Crippen molar-refractivity contribution in [3.05, 3.63) is 0 Å². The molecule has 0 unspecified atom stereocenters. The van der Waals surface area contributed by atoms with Crippen molar-refractivity contribution in [2.24, 2.45) is 5.41 Å². The normalized spacial score (nSPS) is 18.0. The van der Waals surface area contributed by atoms with Gasteiger partial charge in [-0.2, -0.15) is 4.37 Å². The fourth-order valence-corrected chi connectivity index (χ4v) is 4.51. The van der Waals surface area contributed by atoms with Crippen LogP contribution < -0.4 is 11.1 Å². The summed E-state index contributed by atoms with van der Waals surface area (Å²) < 4.78 is 29.7. The second kappa shape index (κ2) is 5.50. The lowest BCUT2D eigenvalue weighted by Gasteiger charge is -2.41. The third-order valence-corrected chi connectivity index (χ3v) is 7.04. The minimum Gasteiger partial charge on any atom is -0.382 e. The van der Waals surface area contributed by atoms with E-state index in [0.29, 0.717) is 10.4 Å². The van der Waals surface area contributed by atoms with Crippen molar-refractivity contribution in [2.45, 2.75) is 37.5 Å². The molecule has 0 saturated heterocycles. The highest BCUT2D eigenvalue weighted by atomic mass is 32.2. The second-order valence-electron chi connectivity index (χ2n) is 5.57. The van der Waals surface area contributed by atoms with Crippen LogP contribution in [0.1, 0.15) is 32.6 Å². The van der Waals surface area contributed by atoms with Crippen LogP contribution in [-0.4, -0.2) is 37.7 Å². The van der Waals surface area contributed by atoms with Crippen LogP contribution in [0, 0.1) is 5.41 Å². The van der Waals surface area contributed by atoms with E-state index >= 15 is 0 Å². The largest absolute Gasteiger partial charge is 0.382 e. The van der Waals surface area contributed by atoms with Crippen molar-refractivity contribution >= 4 is 32.4 Å². The summed E-state index contributed by atoms with van der Waals surface area (Å²) >= 11 is 1.11. The second-order valence-corrected chi connectivity index (χ2v) is 8.44. The van der Waals surface area contributed by atoms with Crippen LogP contribution in [0.15, 0.2) is 4.90 Å². The fraction of sp³-hybridized carbons (Fsp3) is 0.750. The molecule has 6 nitrogen and oxygen atoms in total. The Balaban J connectivity index is 2.22. The molecule has 1 fully saturated rings. The van der Waals surface area contributed by atoms with Crippen LogP contribution >= 0.6 is 11.5 Å². The van der Waals surface area contributed by atoms with E-state index in [2.05, 4.69) is 16.6 Å². The predicted octanol–water partition coefficient (Wildman–Crippen LogP) is 1.97. The van der Waals surface area contributed by atoms with Crippen LogP contribution in [0.25, 0.3) is 0 Å². The SMILES string of the molecule is CCC1(CNc2snc(N)c2S(=O)(=O)N(C)C)CCC1. The van der Waals surface area contributed by atoms with Gasteiger partial charge in [-0.25, -0.2) is 12.7 Å². The van der Waals surface area contributed by atoms with E-state index in [1.807, 2.05) is 0 Å². The summed E-state index contributed by atoms with van der Waals surface area (Å²) in [7, 11) is -0.573. The quantitative estimate of drug-likeness (QED) is 0.837. The fourth-order valence-electron chi connectivity index (χ4n) is 2.44. The molecule has 0 aromatic carbocycles. The number of nitrogens with zero attached hydrogens (tertiary/aromatic N) is 2. The molecular weight excluding hydrogens is 296 g/mol. The Morgan fingerprint density at radius 2 is 2.10 bits per heavy atom. The van der Waals surface area contributed by atoms with Gasteiger partial charge in [0.25, 0.3) is 0 Å². The van der Waals surface area contributed by atoms with Crippen LogP contribution in [0.4, 0.5) is 10.8 Å². The molecule has 0 bridgehead atoms. The summed E-state index contributed by atoms with van der Waals surface area (Å²) in [5.74, 6) is 0.0744. The highest BCUT2D eigenvalue weighted by Crippen LogP contribution is 2.44. The standard InChI is InChI=1S/C12H22N4O2S2/c1-4-12(6-5-7-12)8-14-11-9(10(13)15-19-11)20(17,18)16(2)3/h14H,4-8H2,1-3H3,(H2,13,15). The molecule has 0 amide bonds. The van der Waals surface area contributed by atoms with Crippen molar-refractivity contribution in [2.75, 3.05) is 31.7 Å². The molecule has 8 heteroatoms. The number of aromatic nitrogens is 1. The Bertz CT molecular complexity index is 571. The Labute approximate surface area is 124 Å². The van der Waals surface area contributed by atoms with Gasteiger partial charge >= 0.3 is 0 Å². The summed E-state index contributed by atoms with van der Waals surface area (Å²) in [6.45, 7) is 2.96. The van der Waals surface area contributed by atoms with Gasteiger partial charge in [-0.05, 0) is 36.2 Å². The third kappa shape index (κ3) is 2.64. The molecule has 1 aliphatic carbocycles. The van der Waals surface area contributed by atoms with Crippen molar-refractivity contribution in [3.8, 4) is 0 Å². The number of sulfonamides is 1. The molecule has 0 radical (unpaired) electrons. The lowest BCUT2D eigenvalue weighted by atomic mass is 9.67. The van der Waals surface area contributed by atoms with Crippen molar-refractivity contribution in [1.82, 2.24) is 8.68 Å². The van der Waals surface area contributed by atoms with E-state index in [-0.39, 0.29) is 10.7 Å². The topological polar surface area (TPSA) is 88.3 Å². The predicted molar refractivity (Wildman–Crippen MR) is 82.5 cm³/mol. The molecule has 1 aromatic heterocycles. The first-order valence-corrected chi connectivity index (χ1v) is 8.95. The molecule has 20 heavy (non-hydrogen) atoms. The van der Waals surface area contributed by atoms with Crippen LogP contribution in [-0.2, 0) is 10.0 Å². The van der Waals surface area contributed by atoms with Crippen LogP contribution in [0.5, 0.6) is 0 Å². The van der Waals surface area contributed by atoms with Crippen molar-refractivity contribution in [3.63, 3.8) is 0 Å². The molecule has 0 atom stereocenters. The van der Waals surface area contributed by atoms with Gasteiger partial charge in [0, 0.05) is 20.6 Å². The summed E-state index contributed by atoms with van der Waals surface area (Å²) in [5, 5.41) is 3.81. The Morgan fingerprint density at radius 1 is 1.45 bits per heavy atom. The Hall–Kier alpha value is -0.860. The number of nitrogens with two attached hydrogens (primary N) is 1. The van der Waals surface area contributed by atoms with Gasteiger partial charge in [0.15, 0.2) is 10.7 Å². The summed E-state index contributed by atoms with van der Waals surface area (Å²) in [4.78, 5) is 0.109. The van der Waals surface area contributed by atoms with Crippen LogP contribution in [0.2, 0.25) is 0 Å². The first kappa shape index (κ1) is 15.5. The van der Waals surface area contributed by atoms with E-state index in [1.54, 1.807) is 0 Å². The first-order chi connectivity index (χ1) is 9.32. The maximum absolute atomic E-state index is 12.3. The number of hydrogen-bond acceptors (Lipinski definition) is 6. The molecular formula is C12H22N4O2S2. The zero-order valence-corrected chi connectivity index (χ0v) is 13.8. The molecule has 1 saturated carbocycles. The molecule has 0 aliphatic heterocycles. The lowest BCUT2D eigenvalue weighted by Crippen LogP contribution is -2.36. The molecule has 3 N–H and O–H groups in total. The number of anilines is 2. The maximum atomic E-state index is 12.3.